The second-order valence-electron chi connectivity index (χ2n) is 6.49. The third kappa shape index (κ3) is 5.41. The Morgan fingerprint density at radius 3 is 2.25 bits per heavy atom. The Balaban J connectivity index is 2.36. The average Bonchev–Trinajstić information content (AvgIpc) is 2.43. The van der Waals surface area contributed by atoms with Crippen LogP contribution in [-0.2, 0) is 4.79 Å². The lowest BCUT2D eigenvalue weighted by Crippen LogP contribution is -2.48. The molecule has 0 aromatic heterocycles. The molecule has 1 aliphatic rings. The van der Waals surface area contributed by atoms with Gasteiger partial charge >= 0.3 is 0 Å². The summed E-state index contributed by atoms with van der Waals surface area (Å²) in [5.74, 6) is 1.37. The fourth-order valence-corrected chi connectivity index (χ4v) is 3.03. The van der Waals surface area contributed by atoms with Crippen LogP contribution in [0.2, 0.25) is 0 Å². The van der Waals surface area contributed by atoms with Crippen LogP contribution in [0, 0.1) is 11.8 Å². The predicted molar refractivity (Wildman–Crippen MR) is 84.5 cm³/mol. The van der Waals surface area contributed by atoms with Crippen LogP contribution >= 0.6 is 0 Å². The highest BCUT2D eigenvalue weighted by molar-refractivity contribution is 5.81. The number of likely N-dealkylation sites (tertiary alicyclic amines) is 1. The molecule has 1 aliphatic heterocycles. The van der Waals surface area contributed by atoms with Gasteiger partial charge in [-0.2, -0.15) is 0 Å². The van der Waals surface area contributed by atoms with Crippen molar-refractivity contribution in [1.82, 2.24) is 9.80 Å². The van der Waals surface area contributed by atoms with Gasteiger partial charge in [0.1, 0.15) is 0 Å². The first-order valence-electron chi connectivity index (χ1n) is 8.24. The smallest absolute Gasteiger partial charge is 0.239 e. The number of hydrogen-bond acceptors (Lipinski definition) is 3. The maximum Gasteiger partial charge on any atom is 0.239 e. The number of piperidine rings is 1. The van der Waals surface area contributed by atoms with Gasteiger partial charge in [0.05, 0.1) is 6.04 Å². The summed E-state index contributed by atoms with van der Waals surface area (Å²) in [6, 6.07) is -0.311. The summed E-state index contributed by atoms with van der Waals surface area (Å²) in [7, 11) is 0. The van der Waals surface area contributed by atoms with E-state index in [0.717, 1.165) is 51.4 Å². The van der Waals surface area contributed by atoms with Crippen molar-refractivity contribution in [1.29, 1.82) is 0 Å². The molecule has 118 valence electrons. The summed E-state index contributed by atoms with van der Waals surface area (Å²) < 4.78 is 0. The van der Waals surface area contributed by atoms with Crippen molar-refractivity contribution >= 4 is 5.91 Å². The van der Waals surface area contributed by atoms with Crippen LogP contribution in [0.25, 0.3) is 0 Å². The Bertz CT molecular complexity index is 281. The monoisotopic (exact) mass is 283 g/mol. The molecule has 1 atom stereocenters. The summed E-state index contributed by atoms with van der Waals surface area (Å²) in [6.07, 6.45) is 3.03. The lowest BCUT2D eigenvalue weighted by atomic mass is 9.95. The number of rotatable bonds is 7. The zero-order valence-electron chi connectivity index (χ0n) is 13.8. The number of amides is 1. The minimum Gasteiger partial charge on any atom is -0.341 e. The van der Waals surface area contributed by atoms with E-state index in [2.05, 4.69) is 32.6 Å². The van der Waals surface area contributed by atoms with Crippen molar-refractivity contribution in [2.45, 2.75) is 53.0 Å². The fourth-order valence-electron chi connectivity index (χ4n) is 3.03. The Morgan fingerprint density at radius 1 is 1.25 bits per heavy atom. The lowest BCUT2D eigenvalue weighted by Gasteiger charge is -2.35. The second-order valence-corrected chi connectivity index (χ2v) is 6.49. The van der Waals surface area contributed by atoms with Gasteiger partial charge in [-0.1, -0.05) is 27.7 Å². The SMILES string of the molecule is CCN(CC)CC1CCN(C(=O)[C@@H](N)CC(C)C)CC1. The normalized spacial score (nSPS) is 18.9. The minimum atomic E-state index is -0.311. The van der Waals surface area contributed by atoms with E-state index in [9.17, 15) is 4.79 Å². The first kappa shape index (κ1) is 17.4. The molecular weight excluding hydrogens is 250 g/mol. The molecule has 4 nitrogen and oxygen atoms in total. The van der Waals surface area contributed by atoms with Crippen molar-refractivity contribution in [2.24, 2.45) is 17.6 Å². The van der Waals surface area contributed by atoms with Crippen molar-refractivity contribution < 1.29 is 4.79 Å². The van der Waals surface area contributed by atoms with E-state index >= 15 is 0 Å². The Morgan fingerprint density at radius 2 is 1.80 bits per heavy atom. The van der Waals surface area contributed by atoms with Crippen LogP contribution in [0.4, 0.5) is 0 Å². The molecule has 4 heteroatoms. The number of carbonyl (C=O) groups is 1. The van der Waals surface area contributed by atoms with E-state index < -0.39 is 0 Å². The largest absolute Gasteiger partial charge is 0.341 e. The van der Waals surface area contributed by atoms with Crippen molar-refractivity contribution in [2.75, 3.05) is 32.7 Å². The molecule has 1 fully saturated rings. The van der Waals surface area contributed by atoms with E-state index in [4.69, 9.17) is 5.73 Å². The molecule has 1 heterocycles. The third-order valence-electron chi connectivity index (χ3n) is 4.38. The summed E-state index contributed by atoms with van der Waals surface area (Å²) in [5, 5.41) is 0. The first-order valence-corrected chi connectivity index (χ1v) is 8.24. The summed E-state index contributed by atoms with van der Waals surface area (Å²) in [6.45, 7) is 13.8. The van der Waals surface area contributed by atoms with Gasteiger partial charge < -0.3 is 15.5 Å². The minimum absolute atomic E-state index is 0.153. The van der Waals surface area contributed by atoms with Gasteiger partial charge in [-0.05, 0) is 44.2 Å². The quantitative estimate of drug-likeness (QED) is 0.777. The molecule has 2 N–H and O–H groups in total. The third-order valence-corrected chi connectivity index (χ3v) is 4.38. The van der Waals surface area contributed by atoms with Crippen LogP contribution in [-0.4, -0.2) is 54.5 Å². The molecule has 0 aromatic rings. The lowest BCUT2D eigenvalue weighted by molar-refractivity contribution is -0.134. The number of carbonyl (C=O) groups excluding carboxylic acids is 1. The highest BCUT2D eigenvalue weighted by Gasteiger charge is 2.27. The van der Waals surface area contributed by atoms with Crippen molar-refractivity contribution in [3.63, 3.8) is 0 Å². The van der Waals surface area contributed by atoms with Crippen molar-refractivity contribution in [3.05, 3.63) is 0 Å². The summed E-state index contributed by atoms with van der Waals surface area (Å²) in [4.78, 5) is 16.7. The topological polar surface area (TPSA) is 49.6 Å². The van der Waals surface area contributed by atoms with Gasteiger partial charge in [0.2, 0.25) is 5.91 Å². The van der Waals surface area contributed by atoms with Gasteiger partial charge in [0.25, 0.3) is 0 Å². The molecule has 0 spiro atoms. The Hall–Kier alpha value is -0.610. The van der Waals surface area contributed by atoms with E-state index in [0.29, 0.717) is 5.92 Å². The zero-order chi connectivity index (χ0) is 15.1. The van der Waals surface area contributed by atoms with E-state index in [-0.39, 0.29) is 11.9 Å². The molecule has 0 bridgehead atoms. The highest BCUT2D eigenvalue weighted by atomic mass is 16.2. The molecule has 1 saturated heterocycles. The maximum absolute atomic E-state index is 12.3. The molecule has 0 saturated carbocycles. The number of hydrogen-bond donors (Lipinski definition) is 1. The molecule has 1 amide bonds. The molecule has 0 unspecified atom stereocenters. The second kappa shape index (κ2) is 8.63. The molecular formula is C16H33N3O. The van der Waals surface area contributed by atoms with Crippen LogP contribution < -0.4 is 5.73 Å². The van der Waals surface area contributed by atoms with Crippen LogP contribution in [0.3, 0.4) is 0 Å². The van der Waals surface area contributed by atoms with E-state index in [1.54, 1.807) is 0 Å². The molecule has 0 aromatic carbocycles. The molecule has 20 heavy (non-hydrogen) atoms. The molecule has 1 rings (SSSR count). The standard InChI is InChI=1S/C16H33N3O/c1-5-18(6-2)12-14-7-9-19(10-8-14)16(20)15(17)11-13(3)4/h13-15H,5-12,17H2,1-4H3/t15-/m0/s1. The number of nitrogens with zero attached hydrogens (tertiary/aromatic N) is 2. The van der Waals surface area contributed by atoms with Gasteiger partial charge in [-0.3, -0.25) is 4.79 Å². The maximum atomic E-state index is 12.3. The summed E-state index contributed by atoms with van der Waals surface area (Å²) >= 11 is 0. The summed E-state index contributed by atoms with van der Waals surface area (Å²) in [5.41, 5.74) is 6.01. The Kier molecular flexibility index (Phi) is 7.52. The fraction of sp³-hybridized carbons (Fsp3) is 0.938. The van der Waals surface area contributed by atoms with Gasteiger partial charge in [0, 0.05) is 19.6 Å². The van der Waals surface area contributed by atoms with E-state index in [1.807, 2.05) is 4.90 Å². The predicted octanol–water partition coefficient (Wildman–Crippen LogP) is 1.94. The van der Waals surface area contributed by atoms with Crippen LogP contribution in [0.5, 0.6) is 0 Å². The van der Waals surface area contributed by atoms with Gasteiger partial charge in [-0.25, -0.2) is 0 Å². The average molecular weight is 283 g/mol. The molecule has 0 radical (unpaired) electrons. The highest BCUT2D eigenvalue weighted by Crippen LogP contribution is 2.19. The first-order chi connectivity index (χ1) is 9.47. The Labute approximate surface area is 124 Å². The van der Waals surface area contributed by atoms with E-state index in [1.165, 1.54) is 6.54 Å². The van der Waals surface area contributed by atoms with Crippen LogP contribution in [0.1, 0.15) is 47.0 Å². The number of nitrogens with two attached hydrogens (primary N) is 1. The molecule has 0 aliphatic carbocycles. The van der Waals surface area contributed by atoms with Gasteiger partial charge in [-0.15, -0.1) is 0 Å². The van der Waals surface area contributed by atoms with Crippen molar-refractivity contribution in [3.8, 4) is 0 Å². The van der Waals surface area contributed by atoms with Gasteiger partial charge in [0.15, 0.2) is 0 Å². The van der Waals surface area contributed by atoms with Crippen LogP contribution in [0.15, 0.2) is 0 Å². The zero-order valence-corrected chi connectivity index (χ0v) is 13.8.